The first-order chi connectivity index (χ1) is 8.35. The number of hydrogen-bond acceptors (Lipinski definition) is 2. The van der Waals surface area contributed by atoms with E-state index < -0.39 is 0 Å². The summed E-state index contributed by atoms with van der Waals surface area (Å²) in [7, 11) is 1.80. The van der Waals surface area contributed by atoms with Gasteiger partial charge in [-0.25, -0.2) is 4.98 Å². The van der Waals surface area contributed by atoms with Crippen molar-refractivity contribution in [2.75, 3.05) is 7.11 Å². The van der Waals surface area contributed by atoms with E-state index in [4.69, 9.17) is 4.74 Å². The van der Waals surface area contributed by atoms with Gasteiger partial charge in [-0.15, -0.1) is 0 Å². The summed E-state index contributed by atoms with van der Waals surface area (Å²) in [5.74, 6) is 0. The van der Waals surface area contributed by atoms with Gasteiger partial charge in [0.15, 0.2) is 0 Å². The van der Waals surface area contributed by atoms with Crippen molar-refractivity contribution in [3.05, 3.63) is 42.4 Å². The molecule has 3 heteroatoms. The number of imidazole rings is 1. The minimum atomic E-state index is 0.114. The van der Waals surface area contributed by atoms with Gasteiger partial charge in [0.1, 0.15) is 0 Å². The van der Waals surface area contributed by atoms with Crippen LogP contribution in [0, 0.1) is 0 Å². The van der Waals surface area contributed by atoms with Crippen molar-refractivity contribution in [1.82, 2.24) is 9.55 Å². The summed E-state index contributed by atoms with van der Waals surface area (Å²) in [6.07, 6.45) is 6.43. The highest BCUT2D eigenvalue weighted by Crippen LogP contribution is 2.54. The molecular formula is C14H14N2O. The quantitative estimate of drug-likeness (QED) is 0.746. The maximum Gasteiger partial charge on any atom is 0.0959 e. The van der Waals surface area contributed by atoms with Crippen molar-refractivity contribution in [3.8, 4) is 11.3 Å². The summed E-state index contributed by atoms with van der Waals surface area (Å²) < 4.78 is 7.77. The Morgan fingerprint density at radius 2 is 2.18 bits per heavy atom. The van der Waals surface area contributed by atoms with Crippen LogP contribution in [0.2, 0.25) is 0 Å². The maximum absolute atomic E-state index is 5.45. The molecule has 1 aliphatic carbocycles. The van der Waals surface area contributed by atoms with Gasteiger partial charge < -0.3 is 9.30 Å². The van der Waals surface area contributed by atoms with Gasteiger partial charge in [0.05, 0.1) is 29.9 Å². The van der Waals surface area contributed by atoms with E-state index in [1.165, 1.54) is 16.8 Å². The fourth-order valence-electron chi connectivity index (χ4n) is 3.35. The first kappa shape index (κ1) is 9.42. The van der Waals surface area contributed by atoms with Crippen molar-refractivity contribution in [3.63, 3.8) is 0 Å². The second kappa shape index (κ2) is 2.99. The number of aromatic nitrogens is 2. The number of fused-ring (bicyclic) bond motifs is 5. The van der Waals surface area contributed by atoms with E-state index in [-0.39, 0.29) is 5.54 Å². The van der Waals surface area contributed by atoms with E-state index >= 15 is 0 Å². The van der Waals surface area contributed by atoms with E-state index in [0.29, 0.717) is 6.10 Å². The molecule has 0 radical (unpaired) electrons. The lowest BCUT2D eigenvalue weighted by Gasteiger charge is -2.46. The zero-order valence-electron chi connectivity index (χ0n) is 9.76. The van der Waals surface area contributed by atoms with Crippen LogP contribution in [0.3, 0.4) is 0 Å². The minimum Gasteiger partial charge on any atom is -0.381 e. The van der Waals surface area contributed by atoms with E-state index in [1.807, 2.05) is 12.5 Å². The van der Waals surface area contributed by atoms with E-state index in [1.54, 1.807) is 7.11 Å². The van der Waals surface area contributed by atoms with Crippen LogP contribution in [-0.2, 0) is 10.3 Å². The lowest BCUT2D eigenvalue weighted by Crippen LogP contribution is -2.48. The Bertz CT molecular complexity index is 581. The third kappa shape index (κ3) is 0.984. The highest BCUT2D eigenvalue weighted by Gasteiger charge is 2.52. The highest BCUT2D eigenvalue weighted by atomic mass is 16.5. The fourth-order valence-corrected chi connectivity index (χ4v) is 3.35. The predicted octanol–water partition coefficient (Wildman–Crippen LogP) is 2.42. The molecule has 0 N–H and O–H groups in total. The molecule has 0 amide bonds. The average Bonchev–Trinajstić information content (AvgIpc) is 2.86. The van der Waals surface area contributed by atoms with Crippen molar-refractivity contribution in [2.24, 2.45) is 0 Å². The third-order valence-corrected chi connectivity index (χ3v) is 4.27. The number of nitrogens with zero attached hydrogens (tertiary/aromatic N) is 2. The Kier molecular flexibility index (Phi) is 1.66. The zero-order valence-corrected chi connectivity index (χ0v) is 9.76. The van der Waals surface area contributed by atoms with Crippen LogP contribution >= 0.6 is 0 Å². The van der Waals surface area contributed by atoms with Crippen LogP contribution in [0.1, 0.15) is 18.4 Å². The first-order valence-corrected chi connectivity index (χ1v) is 6.01. The smallest absolute Gasteiger partial charge is 0.0959 e. The fraction of sp³-hybridized carbons (Fsp3) is 0.357. The molecule has 17 heavy (non-hydrogen) atoms. The Labute approximate surface area is 100 Å². The van der Waals surface area contributed by atoms with Crippen LogP contribution in [0.15, 0.2) is 36.8 Å². The molecule has 3 nitrogen and oxygen atoms in total. The minimum absolute atomic E-state index is 0.114. The number of hydrogen-bond donors (Lipinski definition) is 0. The van der Waals surface area contributed by atoms with E-state index in [0.717, 1.165) is 12.8 Å². The molecule has 1 saturated carbocycles. The van der Waals surface area contributed by atoms with Gasteiger partial charge in [-0.1, -0.05) is 24.3 Å². The van der Waals surface area contributed by atoms with Gasteiger partial charge in [-0.2, -0.15) is 0 Å². The van der Waals surface area contributed by atoms with Crippen molar-refractivity contribution >= 4 is 0 Å². The normalized spacial score (nSPS) is 28.9. The molecule has 0 bridgehead atoms. The van der Waals surface area contributed by atoms with Gasteiger partial charge in [0.2, 0.25) is 0 Å². The van der Waals surface area contributed by atoms with Crippen molar-refractivity contribution in [1.29, 1.82) is 0 Å². The van der Waals surface area contributed by atoms with Crippen molar-refractivity contribution < 1.29 is 4.74 Å². The second-order valence-electron chi connectivity index (χ2n) is 4.99. The standard InChI is InChI=1S/C14H14N2O/c1-17-10-6-14(7-10)12-5-3-2-4-11(12)13-8-15-9-16(13)14/h2-5,8-10H,6-7H2,1H3. The SMILES string of the molecule is COC1CC2(C1)c1ccccc1-c1cncn12. The lowest BCUT2D eigenvalue weighted by atomic mass is 9.70. The molecule has 2 aliphatic rings. The molecule has 2 aromatic rings. The summed E-state index contributed by atoms with van der Waals surface area (Å²) in [6, 6.07) is 8.66. The van der Waals surface area contributed by atoms with E-state index in [2.05, 4.69) is 33.8 Å². The van der Waals surface area contributed by atoms with Crippen LogP contribution < -0.4 is 0 Å². The molecule has 0 atom stereocenters. The van der Waals surface area contributed by atoms with Crippen LogP contribution in [0.4, 0.5) is 0 Å². The first-order valence-electron chi connectivity index (χ1n) is 6.01. The molecule has 1 fully saturated rings. The maximum atomic E-state index is 5.45. The number of ether oxygens (including phenoxy) is 1. The molecule has 2 heterocycles. The van der Waals surface area contributed by atoms with Crippen LogP contribution in [0.25, 0.3) is 11.3 Å². The summed E-state index contributed by atoms with van der Waals surface area (Å²) in [5, 5.41) is 0. The van der Waals surface area contributed by atoms with Crippen LogP contribution in [-0.4, -0.2) is 22.8 Å². The number of methoxy groups -OCH3 is 1. The molecule has 0 saturated heterocycles. The molecule has 4 rings (SSSR count). The molecule has 1 spiro atoms. The van der Waals surface area contributed by atoms with Gasteiger partial charge in [0.25, 0.3) is 0 Å². The number of rotatable bonds is 1. The third-order valence-electron chi connectivity index (χ3n) is 4.27. The Morgan fingerprint density at radius 1 is 1.35 bits per heavy atom. The second-order valence-corrected chi connectivity index (χ2v) is 4.99. The molecule has 1 aromatic heterocycles. The largest absolute Gasteiger partial charge is 0.381 e. The topological polar surface area (TPSA) is 27.1 Å². The van der Waals surface area contributed by atoms with Gasteiger partial charge in [-0.05, 0) is 5.56 Å². The Hall–Kier alpha value is -1.61. The zero-order chi connectivity index (χ0) is 11.5. The van der Waals surface area contributed by atoms with E-state index in [9.17, 15) is 0 Å². The van der Waals surface area contributed by atoms with Gasteiger partial charge in [-0.3, -0.25) is 0 Å². The summed E-state index contributed by atoms with van der Waals surface area (Å²) in [4.78, 5) is 4.29. The number of benzene rings is 1. The molecule has 1 aliphatic heterocycles. The Morgan fingerprint density at radius 3 is 3.00 bits per heavy atom. The van der Waals surface area contributed by atoms with Crippen LogP contribution in [0.5, 0.6) is 0 Å². The lowest BCUT2D eigenvalue weighted by molar-refractivity contribution is -0.0279. The summed E-state index contributed by atoms with van der Waals surface area (Å²) >= 11 is 0. The monoisotopic (exact) mass is 226 g/mol. The van der Waals surface area contributed by atoms with Gasteiger partial charge in [0, 0.05) is 25.5 Å². The average molecular weight is 226 g/mol. The summed E-state index contributed by atoms with van der Waals surface area (Å²) in [6.45, 7) is 0. The molecule has 86 valence electrons. The van der Waals surface area contributed by atoms with Gasteiger partial charge >= 0.3 is 0 Å². The highest BCUT2D eigenvalue weighted by molar-refractivity contribution is 5.71. The Balaban J connectivity index is 1.93. The molecular weight excluding hydrogens is 212 g/mol. The van der Waals surface area contributed by atoms with Crippen molar-refractivity contribution in [2.45, 2.75) is 24.5 Å². The predicted molar refractivity (Wildman–Crippen MR) is 64.8 cm³/mol. The summed E-state index contributed by atoms with van der Waals surface area (Å²) in [5.41, 5.74) is 4.13. The molecule has 0 unspecified atom stereocenters. The molecule has 1 aromatic carbocycles.